The van der Waals surface area contributed by atoms with E-state index in [0.717, 1.165) is 0 Å². The first-order chi connectivity index (χ1) is 29.5. The lowest BCUT2D eigenvalue weighted by molar-refractivity contribution is 0.332. The van der Waals surface area contributed by atoms with Crippen LogP contribution in [0.2, 0.25) is 0 Å². The van der Waals surface area contributed by atoms with Crippen LogP contribution in [0.1, 0.15) is 136 Å². The molecule has 7 aromatic rings. The van der Waals surface area contributed by atoms with Crippen LogP contribution < -0.4 is 26.2 Å². The molecule has 2 aliphatic heterocycles. The topological polar surface area (TPSA) is 6.48 Å². The molecule has 0 atom stereocenters. The Morgan fingerprint density at radius 2 is 1.03 bits per heavy atom. The summed E-state index contributed by atoms with van der Waals surface area (Å²) in [6.45, 7) is 33.2. The molecule has 1 aliphatic carbocycles. The molecule has 0 bridgehead atoms. The van der Waals surface area contributed by atoms with Crippen LogP contribution in [-0.4, -0.2) is 6.71 Å². The molecule has 0 fully saturated rings. The quantitative estimate of drug-likeness (QED) is 0.164. The maximum atomic E-state index is 2.68. The number of aryl methyl sites for hydroxylation is 1. The van der Waals surface area contributed by atoms with Crippen molar-refractivity contribution < 1.29 is 0 Å². The van der Waals surface area contributed by atoms with E-state index < -0.39 is 0 Å². The van der Waals surface area contributed by atoms with E-state index >= 15 is 0 Å². The van der Waals surface area contributed by atoms with E-state index in [1.807, 2.05) is 11.3 Å². The molecular formula is C59H65BN2S. The Balaban J connectivity index is 1.38. The van der Waals surface area contributed by atoms with E-state index in [1.54, 1.807) is 0 Å². The van der Waals surface area contributed by atoms with Gasteiger partial charge in [0.1, 0.15) is 0 Å². The third-order valence-electron chi connectivity index (χ3n) is 15.0. The number of anilines is 6. The summed E-state index contributed by atoms with van der Waals surface area (Å²) in [4.78, 5) is 5.29. The van der Waals surface area contributed by atoms with Crippen LogP contribution in [0.4, 0.5) is 33.4 Å². The smallest absolute Gasteiger partial charge is 0.254 e. The summed E-state index contributed by atoms with van der Waals surface area (Å²) >= 11 is 1.97. The summed E-state index contributed by atoms with van der Waals surface area (Å²) in [5.74, 6) is 0. The summed E-state index contributed by atoms with van der Waals surface area (Å²) in [5, 5.41) is 2.71. The van der Waals surface area contributed by atoms with Gasteiger partial charge in [0.05, 0.1) is 5.00 Å². The predicted molar refractivity (Wildman–Crippen MR) is 277 cm³/mol. The minimum Gasteiger partial charge on any atom is -0.311 e. The van der Waals surface area contributed by atoms with Gasteiger partial charge in [-0.05, 0) is 162 Å². The lowest BCUT2D eigenvalue weighted by Crippen LogP contribution is -2.61. The molecule has 0 radical (unpaired) electrons. The molecule has 4 heteroatoms. The van der Waals surface area contributed by atoms with Crippen molar-refractivity contribution in [3.8, 4) is 11.1 Å². The minimum atomic E-state index is 0.0147. The van der Waals surface area contributed by atoms with Gasteiger partial charge in [-0.25, -0.2) is 0 Å². The fraction of sp³-hybridized carbons (Fsp3) is 0.356. The molecule has 320 valence electrons. The van der Waals surface area contributed by atoms with Crippen LogP contribution in [0, 0.1) is 6.92 Å². The van der Waals surface area contributed by atoms with Crippen molar-refractivity contribution in [2.45, 2.75) is 137 Å². The van der Waals surface area contributed by atoms with Gasteiger partial charge in [-0.2, -0.15) is 0 Å². The highest BCUT2D eigenvalue weighted by molar-refractivity contribution is 7.26. The fourth-order valence-electron chi connectivity index (χ4n) is 10.9. The molecule has 1 aromatic heterocycles. The van der Waals surface area contributed by atoms with Crippen LogP contribution in [0.25, 0.3) is 21.2 Å². The molecule has 0 N–H and O–H groups in total. The van der Waals surface area contributed by atoms with Gasteiger partial charge in [-0.1, -0.05) is 157 Å². The van der Waals surface area contributed by atoms with Crippen molar-refractivity contribution in [1.29, 1.82) is 0 Å². The van der Waals surface area contributed by atoms with Crippen molar-refractivity contribution >= 4 is 78.0 Å². The van der Waals surface area contributed by atoms with Gasteiger partial charge in [0.25, 0.3) is 6.71 Å². The van der Waals surface area contributed by atoms with Crippen molar-refractivity contribution in [1.82, 2.24) is 0 Å². The van der Waals surface area contributed by atoms with Crippen LogP contribution >= 0.6 is 11.3 Å². The van der Waals surface area contributed by atoms with E-state index in [9.17, 15) is 0 Å². The zero-order chi connectivity index (χ0) is 44.8. The van der Waals surface area contributed by atoms with E-state index in [2.05, 4.69) is 222 Å². The Kier molecular flexibility index (Phi) is 9.30. The van der Waals surface area contributed by atoms with Crippen LogP contribution in [0.3, 0.4) is 0 Å². The van der Waals surface area contributed by atoms with E-state index in [1.165, 1.54) is 117 Å². The molecule has 0 saturated heterocycles. The van der Waals surface area contributed by atoms with Crippen molar-refractivity contribution in [2.75, 3.05) is 9.80 Å². The highest BCUT2D eigenvalue weighted by Crippen LogP contribution is 2.53. The van der Waals surface area contributed by atoms with Crippen molar-refractivity contribution in [2.24, 2.45) is 0 Å². The van der Waals surface area contributed by atoms with Gasteiger partial charge in [0.2, 0.25) is 0 Å². The number of benzene rings is 6. The second-order valence-corrected chi connectivity index (χ2v) is 24.5. The second kappa shape index (κ2) is 14.0. The maximum absolute atomic E-state index is 2.68. The summed E-state index contributed by atoms with van der Waals surface area (Å²) < 4.78 is 1.35. The van der Waals surface area contributed by atoms with Gasteiger partial charge >= 0.3 is 0 Å². The number of thiophene rings is 1. The molecule has 3 aliphatic rings. The van der Waals surface area contributed by atoms with E-state index in [0.29, 0.717) is 0 Å². The van der Waals surface area contributed by atoms with Gasteiger partial charge in [-0.3, -0.25) is 0 Å². The standard InChI is InChI=1S/C59H65BN2S/c1-36-17-15-16-18-43(36)37-31-49-53-50(32-37)62(42-26-21-39(22-27-42)56(5,6)7)54-52(44-33-40(57(8,9)10)23-28-51(44)63-54)60(53)47-34-45-46(59(13,14)30-29-58(45,11)12)35-48(47)61(49)41-24-19-38(20-25-41)55(2,3)4/h15-28,31-35H,29-30H2,1-14H3. The van der Waals surface area contributed by atoms with Crippen LogP contribution in [-0.2, 0) is 27.1 Å². The van der Waals surface area contributed by atoms with Crippen LogP contribution in [0.5, 0.6) is 0 Å². The Bertz CT molecular complexity index is 2960. The number of rotatable bonds is 3. The first-order valence-corrected chi connectivity index (χ1v) is 24.2. The lowest BCUT2D eigenvalue weighted by atomic mass is 9.33. The van der Waals surface area contributed by atoms with Crippen molar-refractivity contribution in [3.63, 3.8) is 0 Å². The normalized spacial score (nSPS) is 16.4. The average Bonchev–Trinajstić information content (AvgIpc) is 3.60. The zero-order valence-corrected chi connectivity index (χ0v) is 41.1. The van der Waals surface area contributed by atoms with E-state index in [-0.39, 0.29) is 33.8 Å². The Morgan fingerprint density at radius 1 is 0.524 bits per heavy atom. The summed E-state index contributed by atoms with van der Waals surface area (Å²) in [7, 11) is 0. The van der Waals surface area contributed by atoms with Crippen molar-refractivity contribution in [3.05, 3.63) is 149 Å². The summed E-state index contributed by atoms with van der Waals surface area (Å²) in [5.41, 5.74) is 21.6. The Hall–Kier alpha value is -5.06. The van der Waals surface area contributed by atoms with Gasteiger partial charge in [-0.15, -0.1) is 11.3 Å². The lowest BCUT2D eigenvalue weighted by Gasteiger charge is -2.47. The second-order valence-electron chi connectivity index (χ2n) is 23.4. The monoisotopic (exact) mass is 844 g/mol. The SMILES string of the molecule is Cc1ccccc1-c1cc2c3c(c1)N(c1ccc(C(C)(C)C)cc1)c1sc4ccc(C(C)(C)C)cc4c1B3c1cc3c(cc1N2c1ccc(C(C)(C)C)cc1)C(C)(C)CCC3(C)C. The van der Waals surface area contributed by atoms with E-state index in [4.69, 9.17) is 0 Å². The molecule has 6 aromatic carbocycles. The summed E-state index contributed by atoms with van der Waals surface area (Å²) in [6, 6.07) is 45.6. The first-order valence-electron chi connectivity index (χ1n) is 23.3. The first kappa shape index (κ1) is 41.9. The third-order valence-corrected chi connectivity index (χ3v) is 16.1. The summed E-state index contributed by atoms with van der Waals surface area (Å²) in [6.07, 6.45) is 2.35. The third kappa shape index (κ3) is 6.72. The fourth-order valence-corrected chi connectivity index (χ4v) is 12.1. The largest absolute Gasteiger partial charge is 0.311 e. The molecule has 2 nitrogen and oxygen atoms in total. The molecular weight excluding hydrogens is 780 g/mol. The average molecular weight is 845 g/mol. The number of hydrogen-bond acceptors (Lipinski definition) is 3. The molecule has 63 heavy (non-hydrogen) atoms. The number of hydrogen-bond donors (Lipinski definition) is 0. The zero-order valence-electron chi connectivity index (χ0n) is 40.3. The Labute approximate surface area is 382 Å². The number of nitrogens with zero attached hydrogens (tertiary/aromatic N) is 2. The maximum Gasteiger partial charge on any atom is 0.254 e. The minimum absolute atomic E-state index is 0.0147. The molecule has 0 amide bonds. The highest BCUT2D eigenvalue weighted by atomic mass is 32.1. The van der Waals surface area contributed by atoms with Gasteiger partial charge in [0, 0.05) is 33.1 Å². The van der Waals surface area contributed by atoms with Crippen LogP contribution in [0.15, 0.2) is 115 Å². The molecule has 0 saturated carbocycles. The van der Waals surface area contributed by atoms with Gasteiger partial charge in [0.15, 0.2) is 0 Å². The highest BCUT2D eigenvalue weighted by Gasteiger charge is 2.48. The number of fused-ring (bicyclic) bond motifs is 7. The van der Waals surface area contributed by atoms with Gasteiger partial charge < -0.3 is 9.80 Å². The predicted octanol–water partition coefficient (Wildman–Crippen LogP) is 15.2. The molecule has 0 spiro atoms. The Morgan fingerprint density at radius 3 is 1.59 bits per heavy atom. The molecule has 0 unspecified atom stereocenters. The molecule has 10 rings (SSSR count). The molecule has 3 heterocycles.